The first-order valence-corrected chi connectivity index (χ1v) is 18.1. The Morgan fingerprint density at radius 1 is 0.661 bits per heavy atom. The standard InChI is InChI=1S/C20H22N4O5.C14H17NO4.C6H7N3O2/c1-20(2,3)29-19(26)23-16-7-5-4-6-13(16)12-17(23)18(25)22-21-14-8-10-15(11-9-14)24(27)28;1-14(2,3)19-13(18)15-10-7-5-4-6-9(10)8-11(15)12(16)17;7-8-5-1-3-6(4-2-5)9(10)11/h4-11,17,21H,12H2,1-3H3,(H,22,25);4-7,11H,8H2,1-3H3,(H,16,17);1-4,8H,7H2/t17-;11-;/m00./s1. The number of rotatable bonds is 7. The van der Waals surface area contributed by atoms with Crippen molar-refractivity contribution < 1.29 is 43.6 Å². The van der Waals surface area contributed by atoms with Gasteiger partial charge in [-0.05, 0) is 89.1 Å². The average Bonchev–Trinajstić information content (AvgIpc) is 3.76. The number of nitrogens with zero attached hydrogens (tertiary/aromatic N) is 4. The minimum atomic E-state index is -1.03. The fourth-order valence-electron chi connectivity index (χ4n) is 5.82. The molecule has 4 aromatic carbocycles. The van der Waals surface area contributed by atoms with E-state index in [2.05, 4.69) is 16.3 Å². The van der Waals surface area contributed by atoms with Crippen molar-refractivity contribution in [1.82, 2.24) is 5.43 Å². The van der Waals surface area contributed by atoms with Crippen molar-refractivity contribution in [3.8, 4) is 0 Å². The third-order valence-electron chi connectivity index (χ3n) is 8.37. The van der Waals surface area contributed by atoms with E-state index < -0.39 is 57.2 Å². The molecule has 4 aromatic rings. The minimum Gasteiger partial charge on any atom is -0.480 e. The van der Waals surface area contributed by atoms with E-state index in [0.717, 1.165) is 11.1 Å². The topological polar surface area (TPSA) is 262 Å². The van der Waals surface area contributed by atoms with E-state index in [1.807, 2.05) is 24.3 Å². The maximum absolute atomic E-state index is 12.8. The zero-order chi connectivity index (χ0) is 43.7. The molecule has 6 N–H and O–H groups in total. The molecule has 0 aromatic heterocycles. The molecule has 2 aliphatic heterocycles. The van der Waals surface area contributed by atoms with Gasteiger partial charge < -0.3 is 20.0 Å². The van der Waals surface area contributed by atoms with Crippen molar-refractivity contribution in [1.29, 1.82) is 0 Å². The van der Waals surface area contributed by atoms with Crippen LogP contribution in [0.5, 0.6) is 0 Å². The van der Waals surface area contributed by atoms with Gasteiger partial charge in [0.05, 0.1) is 26.9 Å². The molecule has 59 heavy (non-hydrogen) atoms. The number of amides is 3. The quantitative estimate of drug-likeness (QED) is 0.0737. The van der Waals surface area contributed by atoms with Gasteiger partial charge in [0.25, 0.3) is 17.3 Å². The molecule has 19 nitrogen and oxygen atoms in total. The molecule has 2 heterocycles. The molecule has 0 radical (unpaired) electrons. The van der Waals surface area contributed by atoms with E-state index >= 15 is 0 Å². The van der Waals surface area contributed by atoms with Gasteiger partial charge in [-0.1, -0.05) is 36.4 Å². The summed E-state index contributed by atoms with van der Waals surface area (Å²) in [7, 11) is 0. The molecule has 0 saturated carbocycles. The van der Waals surface area contributed by atoms with Gasteiger partial charge in [0.2, 0.25) is 0 Å². The number of para-hydroxylation sites is 2. The molecule has 0 spiro atoms. The van der Waals surface area contributed by atoms with Gasteiger partial charge in [-0.3, -0.25) is 51.5 Å². The normalized spacial score (nSPS) is 15.1. The van der Waals surface area contributed by atoms with Crippen molar-refractivity contribution in [2.24, 2.45) is 5.84 Å². The lowest BCUT2D eigenvalue weighted by Crippen LogP contribution is -2.50. The number of aliphatic carboxylic acids is 1. The van der Waals surface area contributed by atoms with Gasteiger partial charge in [0.15, 0.2) is 0 Å². The van der Waals surface area contributed by atoms with Crippen molar-refractivity contribution >= 4 is 58.2 Å². The summed E-state index contributed by atoms with van der Waals surface area (Å²) in [6.45, 7) is 10.5. The first kappa shape index (κ1) is 44.4. The second-order valence-electron chi connectivity index (χ2n) is 15.1. The summed E-state index contributed by atoms with van der Waals surface area (Å²) in [5, 5.41) is 30.1. The number of nitrogen functional groups attached to an aromatic ring is 1. The van der Waals surface area contributed by atoms with Crippen LogP contribution >= 0.6 is 0 Å². The van der Waals surface area contributed by atoms with Gasteiger partial charge in [-0.15, -0.1) is 0 Å². The van der Waals surface area contributed by atoms with Gasteiger partial charge in [-0.2, -0.15) is 0 Å². The van der Waals surface area contributed by atoms with Crippen molar-refractivity contribution in [2.75, 3.05) is 20.7 Å². The largest absolute Gasteiger partial charge is 0.480 e. The van der Waals surface area contributed by atoms with Crippen LogP contribution in [-0.4, -0.2) is 62.3 Å². The Balaban J connectivity index is 0.000000219. The van der Waals surface area contributed by atoms with Crippen molar-refractivity contribution in [2.45, 2.75) is 77.7 Å². The number of benzene rings is 4. The van der Waals surface area contributed by atoms with Gasteiger partial charge >= 0.3 is 18.2 Å². The monoisotopic (exact) mass is 814 g/mol. The van der Waals surface area contributed by atoms with E-state index in [4.69, 9.17) is 15.3 Å². The first-order chi connectivity index (χ1) is 27.7. The minimum absolute atomic E-state index is 0.0516. The fraction of sp³-hybridized carbons (Fsp3) is 0.300. The lowest BCUT2D eigenvalue weighted by molar-refractivity contribution is -0.385. The fourth-order valence-corrected chi connectivity index (χ4v) is 5.82. The smallest absolute Gasteiger partial charge is 0.415 e. The summed E-state index contributed by atoms with van der Waals surface area (Å²) in [4.78, 5) is 71.5. The first-order valence-electron chi connectivity index (χ1n) is 18.1. The number of hydrogen-bond donors (Lipinski definition) is 5. The third-order valence-corrected chi connectivity index (χ3v) is 8.37. The maximum atomic E-state index is 12.8. The van der Waals surface area contributed by atoms with E-state index in [9.17, 15) is 44.5 Å². The number of hydrogen-bond acceptors (Lipinski definition) is 13. The summed E-state index contributed by atoms with van der Waals surface area (Å²) < 4.78 is 10.8. The third kappa shape index (κ3) is 12.1. The highest BCUT2D eigenvalue weighted by molar-refractivity contribution is 6.01. The Kier molecular flexibility index (Phi) is 14.1. The van der Waals surface area contributed by atoms with Crippen molar-refractivity contribution in [3.63, 3.8) is 0 Å². The molecule has 312 valence electrons. The Bertz CT molecular complexity index is 2170. The number of carboxylic acid groups (broad SMARTS) is 1. The zero-order valence-corrected chi connectivity index (χ0v) is 33.2. The molecule has 3 amide bonds. The van der Waals surface area contributed by atoms with Crippen LogP contribution < -0.4 is 31.9 Å². The Hall–Kier alpha value is -7.28. The number of fused-ring (bicyclic) bond motifs is 2. The maximum Gasteiger partial charge on any atom is 0.415 e. The second-order valence-corrected chi connectivity index (χ2v) is 15.1. The lowest BCUT2D eigenvalue weighted by atomic mass is 10.1. The number of hydrazine groups is 2. The van der Waals surface area contributed by atoms with Crippen molar-refractivity contribution in [3.05, 3.63) is 128 Å². The summed E-state index contributed by atoms with van der Waals surface area (Å²) in [5.74, 6) is 3.60. The molecule has 0 aliphatic carbocycles. The van der Waals surface area contributed by atoms with Crippen LogP contribution in [0.15, 0.2) is 97.1 Å². The van der Waals surface area contributed by atoms with E-state index in [-0.39, 0.29) is 11.4 Å². The molecule has 2 atom stereocenters. The van der Waals surface area contributed by atoms with Crippen LogP contribution in [0.25, 0.3) is 0 Å². The van der Waals surface area contributed by atoms with Crippen LogP contribution in [0, 0.1) is 20.2 Å². The number of nitrogens with two attached hydrogens (primary N) is 1. The van der Waals surface area contributed by atoms with Crippen LogP contribution in [0.4, 0.5) is 43.7 Å². The Morgan fingerprint density at radius 3 is 1.44 bits per heavy atom. The van der Waals surface area contributed by atoms with Gasteiger partial charge in [-0.25, -0.2) is 14.4 Å². The van der Waals surface area contributed by atoms with Crippen LogP contribution in [0.1, 0.15) is 52.7 Å². The lowest BCUT2D eigenvalue weighted by Gasteiger charge is -2.28. The SMILES string of the molecule is CC(C)(C)OC(=O)N1c2ccccc2C[C@H]1C(=O)NNc1ccc([N+](=O)[O-])cc1.CC(C)(C)OC(=O)N1c2ccccc2C[C@H]1C(=O)O.NNc1ccc([N+](=O)[O-])cc1. The molecule has 6 rings (SSSR count). The van der Waals surface area contributed by atoms with E-state index in [1.165, 1.54) is 58.3 Å². The molecule has 2 aliphatic rings. The molecular formula is C40H46N8O11. The Morgan fingerprint density at radius 2 is 1.05 bits per heavy atom. The van der Waals surface area contributed by atoms with Crippen LogP contribution in [0.3, 0.4) is 0 Å². The highest BCUT2D eigenvalue weighted by Gasteiger charge is 2.41. The highest BCUT2D eigenvalue weighted by atomic mass is 16.6. The number of anilines is 4. The van der Waals surface area contributed by atoms with Gasteiger partial charge in [0, 0.05) is 42.8 Å². The molecule has 19 heteroatoms. The number of carboxylic acids is 1. The van der Waals surface area contributed by atoms with E-state index in [1.54, 1.807) is 65.8 Å². The number of nitrogens with one attached hydrogen (secondary N) is 3. The predicted molar refractivity (Wildman–Crippen MR) is 219 cm³/mol. The Labute approximate surface area is 339 Å². The van der Waals surface area contributed by atoms with Crippen LogP contribution in [0.2, 0.25) is 0 Å². The summed E-state index contributed by atoms with van der Waals surface area (Å²) in [5.41, 5.74) is 10.4. The molecule has 0 saturated heterocycles. The van der Waals surface area contributed by atoms with E-state index in [0.29, 0.717) is 35.6 Å². The van der Waals surface area contributed by atoms with Gasteiger partial charge in [0.1, 0.15) is 23.3 Å². The molecule has 0 fully saturated rings. The molecule has 0 bridgehead atoms. The molecular weight excluding hydrogens is 768 g/mol. The summed E-state index contributed by atoms with van der Waals surface area (Å²) in [6.07, 6.45) is -0.559. The number of non-ortho nitro benzene ring substituents is 2. The average molecular weight is 815 g/mol. The van der Waals surface area contributed by atoms with Crippen LogP contribution in [-0.2, 0) is 31.9 Å². The summed E-state index contributed by atoms with van der Waals surface area (Å²) in [6, 6.07) is 24.2. The highest BCUT2D eigenvalue weighted by Crippen LogP contribution is 2.35. The number of ether oxygens (including phenoxy) is 2. The number of carbonyl (C=O) groups excluding carboxylic acids is 3. The zero-order valence-electron chi connectivity index (χ0n) is 33.2. The predicted octanol–water partition coefficient (Wildman–Crippen LogP) is 6.72. The number of nitro groups is 2. The second kappa shape index (κ2) is 18.8. The number of nitro benzene ring substituents is 2. The number of carbonyl (C=O) groups is 4. The molecule has 0 unspecified atom stereocenters. The summed E-state index contributed by atoms with van der Waals surface area (Å²) >= 11 is 0.